The van der Waals surface area contributed by atoms with Gasteiger partial charge in [0.05, 0.1) is 16.9 Å². The van der Waals surface area contributed by atoms with Gasteiger partial charge in [0.1, 0.15) is 11.3 Å². The molecule has 0 bridgehead atoms. The van der Waals surface area contributed by atoms with Crippen LogP contribution < -0.4 is 4.90 Å². The van der Waals surface area contributed by atoms with Gasteiger partial charge in [0.2, 0.25) is 0 Å². The van der Waals surface area contributed by atoms with Crippen LogP contribution in [0.1, 0.15) is 16.3 Å². The normalized spacial score (nSPS) is 11.0. The Kier molecular flexibility index (Phi) is 4.18. The molecule has 130 valence electrons. The number of amides is 1. The van der Waals surface area contributed by atoms with E-state index in [1.54, 1.807) is 42.3 Å². The minimum absolute atomic E-state index is 0.216. The van der Waals surface area contributed by atoms with Crippen molar-refractivity contribution in [1.29, 1.82) is 0 Å². The van der Waals surface area contributed by atoms with Gasteiger partial charge in [0.25, 0.3) is 5.91 Å². The predicted octanol–water partition coefficient (Wildman–Crippen LogP) is 3.41. The lowest BCUT2D eigenvalue weighted by atomic mass is 10.3. The van der Waals surface area contributed by atoms with E-state index in [9.17, 15) is 9.18 Å². The summed E-state index contributed by atoms with van der Waals surface area (Å²) in [6.07, 6.45) is 4.92. The zero-order chi connectivity index (χ0) is 18.1. The number of fused-ring (bicyclic) bond motifs is 1. The fourth-order valence-electron chi connectivity index (χ4n) is 2.59. The van der Waals surface area contributed by atoms with Crippen molar-refractivity contribution in [2.75, 3.05) is 4.90 Å². The number of rotatable bonds is 4. The van der Waals surface area contributed by atoms with Gasteiger partial charge in [-0.1, -0.05) is 23.5 Å². The Morgan fingerprint density at radius 1 is 1.19 bits per heavy atom. The Bertz CT molecular complexity index is 1080. The first-order chi connectivity index (χ1) is 12.6. The number of aromatic nitrogens is 4. The van der Waals surface area contributed by atoms with Crippen LogP contribution in [-0.2, 0) is 13.6 Å². The number of imidazole rings is 1. The van der Waals surface area contributed by atoms with Crippen LogP contribution in [0.4, 0.5) is 9.52 Å². The van der Waals surface area contributed by atoms with Crippen LogP contribution in [0.15, 0.2) is 55.0 Å². The Labute approximate surface area is 152 Å². The highest BCUT2D eigenvalue weighted by molar-refractivity contribution is 7.22. The summed E-state index contributed by atoms with van der Waals surface area (Å²) in [7, 11) is 1.75. The van der Waals surface area contributed by atoms with E-state index in [0.717, 1.165) is 0 Å². The highest BCUT2D eigenvalue weighted by Crippen LogP contribution is 2.31. The van der Waals surface area contributed by atoms with Crippen LogP contribution in [0.5, 0.6) is 0 Å². The number of nitrogens with zero attached hydrogens (tertiary/aromatic N) is 5. The summed E-state index contributed by atoms with van der Waals surface area (Å²) in [6.45, 7) is 0.216. The maximum Gasteiger partial charge on any atom is 0.296 e. The van der Waals surface area contributed by atoms with Crippen molar-refractivity contribution in [3.63, 3.8) is 0 Å². The molecule has 3 heterocycles. The summed E-state index contributed by atoms with van der Waals surface area (Å²) in [6, 6.07) is 10.3. The average Bonchev–Trinajstić information content (AvgIpc) is 3.27. The fraction of sp³-hybridized carbons (Fsp3) is 0.111. The third kappa shape index (κ3) is 2.95. The molecular weight excluding hydrogens is 353 g/mol. The number of hydrogen-bond donors (Lipinski definition) is 0. The van der Waals surface area contributed by atoms with Gasteiger partial charge >= 0.3 is 0 Å². The number of thiazole rings is 1. The second kappa shape index (κ2) is 6.64. The molecule has 0 aliphatic rings. The number of anilines is 1. The van der Waals surface area contributed by atoms with Crippen molar-refractivity contribution in [3.05, 3.63) is 72.3 Å². The summed E-state index contributed by atoms with van der Waals surface area (Å²) in [4.78, 5) is 27.3. The van der Waals surface area contributed by atoms with Crippen LogP contribution in [0.25, 0.3) is 10.2 Å². The van der Waals surface area contributed by atoms with Crippen LogP contribution in [0.3, 0.4) is 0 Å². The molecule has 0 atom stereocenters. The van der Waals surface area contributed by atoms with Crippen molar-refractivity contribution >= 4 is 32.6 Å². The van der Waals surface area contributed by atoms with Gasteiger partial charge in [0.15, 0.2) is 11.0 Å². The Morgan fingerprint density at radius 3 is 2.77 bits per heavy atom. The molecular formula is C18H14FN5OS. The second-order valence-electron chi connectivity index (χ2n) is 5.66. The average molecular weight is 367 g/mol. The van der Waals surface area contributed by atoms with E-state index < -0.39 is 5.82 Å². The molecule has 0 fully saturated rings. The molecule has 8 heteroatoms. The lowest BCUT2D eigenvalue weighted by Gasteiger charge is -2.19. The Balaban J connectivity index is 1.80. The van der Waals surface area contributed by atoms with E-state index in [1.165, 1.54) is 22.3 Å². The zero-order valence-electron chi connectivity index (χ0n) is 13.8. The van der Waals surface area contributed by atoms with Crippen molar-refractivity contribution in [2.45, 2.75) is 6.54 Å². The molecule has 0 saturated carbocycles. The molecule has 26 heavy (non-hydrogen) atoms. The summed E-state index contributed by atoms with van der Waals surface area (Å²) in [5.41, 5.74) is 0.959. The quantitative estimate of drug-likeness (QED) is 0.554. The van der Waals surface area contributed by atoms with Gasteiger partial charge in [-0.3, -0.25) is 14.7 Å². The maximum absolute atomic E-state index is 14.0. The molecule has 1 amide bonds. The van der Waals surface area contributed by atoms with E-state index in [1.807, 2.05) is 18.2 Å². The molecule has 0 unspecified atom stereocenters. The molecule has 4 rings (SSSR count). The number of pyridine rings is 1. The van der Waals surface area contributed by atoms with E-state index in [2.05, 4.69) is 15.0 Å². The van der Waals surface area contributed by atoms with Crippen LogP contribution in [0, 0.1) is 5.82 Å². The number of hydrogen-bond acceptors (Lipinski definition) is 5. The number of halogens is 1. The van der Waals surface area contributed by atoms with Crippen molar-refractivity contribution in [3.8, 4) is 0 Å². The predicted molar refractivity (Wildman–Crippen MR) is 97.5 cm³/mol. The Morgan fingerprint density at radius 2 is 2.08 bits per heavy atom. The standard InChI is InChI=1S/C18H14FN5OS/c1-23-10-9-21-16(23)17(25)24(11-12-5-2-3-8-20-12)18-22-15-13(19)6-4-7-14(15)26-18/h2-10H,11H2,1H3. The molecule has 1 aromatic carbocycles. The van der Waals surface area contributed by atoms with Crippen LogP contribution in [0.2, 0.25) is 0 Å². The van der Waals surface area contributed by atoms with Gasteiger partial charge in [-0.05, 0) is 24.3 Å². The SMILES string of the molecule is Cn1ccnc1C(=O)N(Cc1ccccn1)c1nc2c(F)cccc2s1. The van der Waals surface area contributed by atoms with E-state index in [0.29, 0.717) is 15.5 Å². The first kappa shape index (κ1) is 16.3. The minimum atomic E-state index is -0.410. The van der Waals surface area contributed by atoms with Crippen LogP contribution >= 0.6 is 11.3 Å². The number of para-hydroxylation sites is 1. The topological polar surface area (TPSA) is 63.9 Å². The van der Waals surface area contributed by atoms with Gasteiger partial charge in [0, 0.05) is 25.6 Å². The summed E-state index contributed by atoms with van der Waals surface area (Å²) >= 11 is 1.26. The number of carbonyl (C=O) groups is 1. The number of aryl methyl sites for hydroxylation is 1. The van der Waals surface area contributed by atoms with E-state index >= 15 is 0 Å². The van der Waals surface area contributed by atoms with Gasteiger partial charge < -0.3 is 4.57 Å². The molecule has 3 aromatic heterocycles. The summed E-state index contributed by atoms with van der Waals surface area (Å²) in [5, 5.41) is 0.406. The second-order valence-corrected chi connectivity index (χ2v) is 6.67. The van der Waals surface area contributed by atoms with Crippen molar-refractivity contribution in [1.82, 2.24) is 19.5 Å². The summed E-state index contributed by atoms with van der Waals surface area (Å²) < 4.78 is 16.4. The summed E-state index contributed by atoms with van der Waals surface area (Å²) in [5.74, 6) is -0.449. The molecule has 0 aliphatic carbocycles. The molecule has 0 radical (unpaired) electrons. The van der Waals surface area contributed by atoms with E-state index in [-0.39, 0.29) is 23.8 Å². The number of carbonyl (C=O) groups excluding carboxylic acids is 1. The zero-order valence-corrected chi connectivity index (χ0v) is 14.7. The maximum atomic E-state index is 14.0. The third-order valence-electron chi connectivity index (χ3n) is 3.89. The first-order valence-electron chi connectivity index (χ1n) is 7.87. The first-order valence-corrected chi connectivity index (χ1v) is 8.69. The van der Waals surface area contributed by atoms with Crippen molar-refractivity contribution in [2.24, 2.45) is 7.05 Å². The van der Waals surface area contributed by atoms with Gasteiger partial charge in [-0.25, -0.2) is 14.4 Å². The highest BCUT2D eigenvalue weighted by Gasteiger charge is 2.25. The van der Waals surface area contributed by atoms with Gasteiger partial charge in [-0.2, -0.15) is 0 Å². The van der Waals surface area contributed by atoms with Gasteiger partial charge in [-0.15, -0.1) is 0 Å². The monoisotopic (exact) mass is 367 g/mol. The molecule has 0 aliphatic heterocycles. The third-order valence-corrected chi connectivity index (χ3v) is 4.94. The molecule has 6 nitrogen and oxygen atoms in total. The smallest absolute Gasteiger partial charge is 0.296 e. The van der Waals surface area contributed by atoms with E-state index in [4.69, 9.17) is 0 Å². The minimum Gasteiger partial charge on any atom is -0.330 e. The Hall–Kier alpha value is -3.13. The number of benzene rings is 1. The molecule has 4 aromatic rings. The lowest BCUT2D eigenvalue weighted by Crippen LogP contribution is -2.32. The lowest BCUT2D eigenvalue weighted by molar-refractivity contribution is 0.0972. The highest BCUT2D eigenvalue weighted by atomic mass is 32.1. The largest absolute Gasteiger partial charge is 0.330 e. The molecule has 0 saturated heterocycles. The fourth-order valence-corrected chi connectivity index (χ4v) is 3.57. The van der Waals surface area contributed by atoms with Crippen LogP contribution in [-0.4, -0.2) is 25.4 Å². The molecule has 0 spiro atoms. The van der Waals surface area contributed by atoms with Crippen molar-refractivity contribution < 1.29 is 9.18 Å². The molecule has 0 N–H and O–H groups in total.